The van der Waals surface area contributed by atoms with Gasteiger partial charge in [0.25, 0.3) is 0 Å². The minimum atomic E-state index is 0.628. The molecule has 6 heteroatoms. The zero-order valence-corrected chi connectivity index (χ0v) is 23.3. The van der Waals surface area contributed by atoms with Crippen molar-refractivity contribution < 1.29 is 0 Å². The van der Waals surface area contributed by atoms with Gasteiger partial charge in [-0.15, -0.1) is 0 Å². The summed E-state index contributed by atoms with van der Waals surface area (Å²) >= 11 is 1.64. The number of H-pyrrole nitrogens is 1. The predicted octanol–water partition coefficient (Wildman–Crippen LogP) is 8.15. The first kappa shape index (κ1) is 26.7. The molecule has 5 aromatic rings. The summed E-state index contributed by atoms with van der Waals surface area (Å²) in [5.74, 6) is 0.659. The van der Waals surface area contributed by atoms with E-state index in [1.807, 2.05) is 54.9 Å². The highest BCUT2D eigenvalue weighted by molar-refractivity contribution is 7.08. The first-order chi connectivity index (χ1) is 19.5. The van der Waals surface area contributed by atoms with Crippen molar-refractivity contribution in [1.29, 1.82) is 0 Å². The lowest BCUT2D eigenvalue weighted by Gasteiger charge is -2.14. The van der Waals surface area contributed by atoms with Gasteiger partial charge >= 0.3 is 0 Å². The first-order valence-electron chi connectivity index (χ1n) is 12.9. The second-order valence-corrected chi connectivity index (χ2v) is 10.2. The van der Waals surface area contributed by atoms with Crippen LogP contribution in [-0.2, 0) is 6.42 Å². The number of anilines is 1. The van der Waals surface area contributed by atoms with Gasteiger partial charge in [0.2, 0.25) is 0 Å². The molecule has 4 N–H and O–H groups in total. The van der Waals surface area contributed by atoms with E-state index in [1.54, 1.807) is 23.6 Å². The SMILES string of the molecule is C=C/C(=C\C(=C/C)c1ccc(N)c(C(=C)c2nc3c(-c4ccsc4)cncc3[nH]2)c1)NC(=C)Cc1ccccc1. The van der Waals surface area contributed by atoms with Crippen LogP contribution in [0.2, 0.25) is 0 Å². The zero-order valence-electron chi connectivity index (χ0n) is 22.4. The van der Waals surface area contributed by atoms with Gasteiger partial charge in [0, 0.05) is 46.4 Å². The van der Waals surface area contributed by atoms with E-state index in [0.717, 1.165) is 56.7 Å². The Morgan fingerprint density at radius 1 is 1.10 bits per heavy atom. The Hall–Kier alpha value is -4.94. The lowest BCUT2D eigenvalue weighted by atomic mass is 9.97. The largest absolute Gasteiger partial charge is 0.398 e. The number of aromatic nitrogens is 3. The molecule has 2 aromatic carbocycles. The summed E-state index contributed by atoms with van der Waals surface area (Å²) in [5.41, 5.74) is 17.3. The number of benzene rings is 2. The average Bonchev–Trinajstić information content (AvgIpc) is 3.66. The van der Waals surface area contributed by atoms with E-state index in [1.165, 1.54) is 5.56 Å². The molecule has 0 amide bonds. The maximum Gasteiger partial charge on any atom is 0.138 e. The normalized spacial score (nSPS) is 11.9. The Morgan fingerprint density at radius 2 is 1.93 bits per heavy atom. The average molecular weight is 542 g/mol. The van der Waals surface area contributed by atoms with Crippen molar-refractivity contribution in [3.05, 3.63) is 150 Å². The van der Waals surface area contributed by atoms with Crippen LogP contribution < -0.4 is 11.1 Å². The first-order valence-corrected chi connectivity index (χ1v) is 13.9. The molecular weight excluding hydrogens is 510 g/mol. The van der Waals surface area contributed by atoms with Crippen molar-refractivity contribution in [2.45, 2.75) is 13.3 Å². The quantitative estimate of drug-likeness (QED) is 0.123. The number of aromatic amines is 1. The van der Waals surface area contributed by atoms with Crippen molar-refractivity contribution in [2.24, 2.45) is 0 Å². The molecule has 0 aliphatic carbocycles. The van der Waals surface area contributed by atoms with Crippen LogP contribution in [0.4, 0.5) is 5.69 Å². The smallest absolute Gasteiger partial charge is 0.138 e. The summed E-state index contributed by atoms with van der Waals surface area (Å²) in [7, 11) is 0. The molecule has 0 saturated carbocycles. The van der Waals surface area contributed by atoms with Crippen LogP contribution in [0.1, 0.15) is 29.4 Å². The third-order valence-electron chi connectivity index (χ3n) is 6.65. The molecule has 0 saturated heterocycles. The maximum atomic E-state index is 6.45. The van der Waals surface area contributed by atoms with Crippen LogP contribution in [0, 0.1) is 0 Å². The highest BCUT2D eigenvalue weighted by atomic mass is 32.1. The van der Waals surface area contributed by atoms with E-state index in [9.17, 15) is 0 Å². The Bertz CT molecular complexity index is 1750. The number of thiophene rings is 1. The zero-order chi connectivity index (χ0) is 28.1. The Kier molecular flexibility index (Phi) is 7.89. The monoisotopic (exact) mass is 541 g/mol. The Labute approximate surface area is 238 Å². The summed E-state index contributed by atoms with van der Waals surface area (Å²) < 4.78 is 0. The summed E-state index contributed by atoms with van der Waals surface area (Å²) in [6.07, 6.45) is 10.3. The highest BCUT2D eigenvalue weighted by Gasteiger charge is 2.15. The molecule has 0 spiro atoms. The molecule has 0 radical (unpaired) electrons. The van der Waals surface area contributed by atoms with E-state index >= 15 is 0 Å². The van der Waals surface area contributed by atoms with Gasteiger partial charge < -0.3 is 16.0 Å². The molecule has 0 unspecified atom stereocenters. The topological polar surface area (TPSA) is 79.6 Å². The number of nitrogens with zero attached hydrogens (tertiary/aromatic N) is 2. The molecule has 3 heterocycles. The molecule has 40 heavy (non-hydrogen) atoms. The molecule has 0 atom stereocenters. The molecule has 3 aromatic heterocycles. The third kappa shape index (κ3) is 5.72. The Balaban J connectivity index is 1.42. The molecule has 5 rings (SSSR count). The summed E-state index contributed by atoms with van der Waals surface area (Å²) in [4.78, 5) is 12.7. The van der Waals surface area contributed by atoms with Gasteiger partial charge in [0.1, 0.15) is 5.82 Å². The number of nitrogen functional groups attached to an aromatic ring is 1. The number of fused-ring (bicyclic) bond motifs is 1. The highest BCUT2D eigenvalue weighted by Crippen LogP contribution is 2.33. The number of hydrogen-bond acceptors (Lipinski definition) is 5. The van der Waals surface area contributed by atoms with Crippen LogP contribution in [0.5, 0.6) is 0 Å². The minimum absolute atomic E-state index is 0.628. The number of rotatable bonds is 10. The van der Waals surface area contributed by atoms with Gasteiger partial charge in [-0.2, -0.15) is 11.3 Å². The van der Waals surface area contributed by atoms with Crippen LogP contribution >= 0.6 is 11.3 Å². The number of nitrogens with one attached hydrogen (secondary N) is 2. The van der Waals surface area contributed by atoms with Crippen LogP contribution in [0.25, 0.3) is 33.3 Å². The van der Waals surface area contributed by atoms with E-state index in [2.05, 4.69) is 70.8 Å². The summed E-state index contributed by atoms with van der Waals surface area (Å²) in [6.45, 7) is 14.6. The standard InChI is InChI=1S/C34H31N5S/c1-5-25(17-28(6-2)37-22(3)16-24-10-8-7-9-11-24)26-12-13-31(35)29(18-26)23(4)34-38-32-20-36-19-30(33(32)39-34)27-14-15-40-21-27/h5-15,17-21,37H,2-4,16,35H2,1H3,(H,38,39)/b25-5+,28-17+. The maximum absolute atomic E-state index is 6.45. The molecular formula is C34H31N5S. The van der Waals surface area contributed by atoms with Crippen molar-refractivity contribution in [2.75, 3.05) is 5.73 Å². The second kappa shape index (κ2) is 11.8. The van der Waals surface area contributed by atoms with Crippen molar-refractivity contribution in [1.82, 2.24) is 20.3 Å². The van der Waals surface area contributed by atoms with Crippen molar-refractivity contribution in [3.63, 3.8) is 0 Å². The minimum Gasteiger partial charge on any atom is -0.398 e. The molecule has 0 aliphatic rings. The van der Waals surface area contributed by atoms with Gasteiger partial charge in [-0.3, -0.25) is 4.98 Å². The molecule has 0 aliphatic heterocycles. The second-order valence-electron chi connectivity index (χ2n) is 9.40. The number of imidazole rings is 1. The van der Waals surface area contributed by atoms with Gasteiger partial charge in [-0.05, 0) is 70.3 Å². The van der Waals surface area contributed by atoms with E-state index in [0.29, 0.717) is 17.1 Å². The number of allylic oxidation sites excluding steroid dienone is 5. The van der Waals surface area contributed by atoms with Crippen LogP contribution in [-0.4, -0.2) is 15.0 Å². The fourth-order valence-electron chi connectivity index (χ4n) is 4.57. The number of nitrogens with two attached hydrogens (primary N) is 1. The van der Waals surface area contributed by atoms with Gasteiger partial charge in [-0.25, -0.2) is 4.98 Å². The predicted molar refractivity (Wildman–Crippen MR) is 171 cm³/mol. The summed E-state index contributed by atoms with van der Waals surface area (Å²) in [5, 5.41) is 7.54. The molecule has 198 valence electrons. The van der Waals surface area contributed by atoms with Crippen molar-refractivity contribution >= 4 is 39.2 Å². The molecule has 0 fully saturated rings. The number of pyridine rings is 1. The van der Waals surface area contributed by atoms with Gasteiger partial charge in [0.05, 0.1) is 17.2 Å². The van der Waals surface area contributed by atoms with E-state index in [4.69, 9.17) is 10.7 Å². The fraction of sp³-hybridized carbons (Fsp3) is 0.0588. The van der Waals surface area contributed by atoms with Crippen LogP contribution in [0.15, 0.2) is 127 Å². The lowest BCUT2D eigenvalue weighted by Crippen LogP contribution is -2.12. The fourth-order valence-corrected chi connectivity index (χ4v) is 5.22. The van der Waals surface area contributed by atoms with E-state index in [-0.39, 0.29) is 0 Å². The third-order valence-corrected chi connectivity index (χ3v) is 7.33. The lowest BCUT2D eigenvalue weighted by molar-refractivity contribution is 0.942. The summed E-state index contributed by atoms with van der Waals surface area (Å²) in [6, 6.07) is 18.3. The Morgan fingerprint density at radius 3 is 2.65 bits per heavy atom. The van der Waals surface area contributed by atoms with Crippen LogP contribution in [0.3, 0.4) is 0 Å². The van der Waals surface area contributed by atoms with Crippen molar-refractivity contribution in [3.8, 4) is 11.1 Å². The van der Waals surface area contributed by atoms with Gasteiger partial charge in [-0.1, -0.05) is 62.2 Å². The molecule has 5 nitrogen and oxygen atoms in total. The van der Waals surface area contributed by atoms with Gasteiger partial charge in [0.15, 0.2) is 0 Å². The molecule has 0 bridgehead atoms. The number of hydrogen-bond donors (Lipinski definition) is 3. The van der Waals surface area contributed by atoms with E-state index < -0.39 is 0 Å².